The molecular weight excluding hydrogens is 187 g/mol. The highest BCUT2D eigenvalue weighted by atomic mass is 19.4. The van der Waals surface area contributed by atoms with Gasteiger partial charge in [-0.1, -0.05) is 0 Å². The SMILES string of the molecule is CC(OCCOCCN)C(F)(F)F. The third-order valence-electron chi connectivity index (χ3n) is 1.32. The molecule has 0 amide bonds. The fourth-order valence-corrected chi connectivity index (χ4v) is 0.564. The maximum Gasteiger partial charge on any atom is 0.414 e. The molecule has 6 heteroatoms. The summed E-state index contributed by atoms with van der Waals surface area (Å²) < 4.78 is 44.8. The molecule has 0 rings (SSSR count). The summed E-state index contributed by atoms with van der Waals surface area (Å²) in [6, 6.07) is 0. The Balaban J connectivity index is 3.32. The van der Waals surface area contributed by atoms with Crippen molar-refractivity contribution in [2.24, 2.45) is 5.73 Å². The van der Waals surface area contributed by atoms with Crippen molar-refractivity contribution in [1.29, 1.82) is 0 Å². The number of alkyl halides is 3. The van der Waals surface area contributed by atoms with E-state index in [1.807, 2.05) is 0 Å². The zero-order valence-corrected chi connectivity index (χ0v) is 7.43. The van der Waals surface area contributed by atoms with E-state index in [9.17, 15) is 13.2 Å². The van der Waals surface area contributed by atoms with Crippen LogP contribution in [0.25, 0.3) is 0 Å². The fraction of sp³-hybridized carbons (Fsp3) is 1.00. The number of halogens is 3. The van der Waals surface area contributed by atoms with E-state index >= 15 is 0 Å². The maximum atomic E-state index is 11.8. The van der Waals surface area contributed by atoms with Gasteiger partial charge in [0, 0.05) is 6.54 Å². The zero-order valence-electron chi connectivity index (χ0n) is 7.43. The summed E-state index contributed by atoms with van der Waals surface area (Å²) in [6.45, 7) is 1.72. The van der Waals surface area contributed by atoms with Crippen molar-refractivity contribution in [1.82, 2.24) is 0 Å². The largest absolute Gasteiger partial charge is 0.414 e. The van der Waals surface area contributed by atoms with Gasteiger partial charge < -0.3 is 15.2 Å². The normalized spacial score (nSPS) is 14.5. The Morgan fingerprint density at radius 2 is 1.85 bits per heavy atom. The van der Waals surface area contributed by atoms with Crippen LogP contribution in [0.5, 0.6) is 0 Å². The first-order valence-corrected chi connectivity index (χ1v) is 3.94. The minimum Gasteiger partial charge on any atom is -0.378 e. The standard InChI is InChI=1S/C7H14F3NO2/c1-6(7(8,9)10)13-5-4-12-3-2-11/h6H,2-5,11H2,1H3. The molecule has 13 heavy (non-hydrogen) atoms. The summed E-state index contributed by atoms with van der Waals surface area (Å²) in [5, 5.41) is 0. The first-order chi connectivity index (χ1) is 5.98. The molecule has 1 unspecified atom stereocenters. The average molecular weight is 201 g/mol. The van der Waals surface area contributed by atoms with Gasteiger partial charge in [0.2, 0.25) is 0 Å². The molecule has 0 spiro atoms. The molecule has 0 fully saturated rings. The van der Waals surface area contributed by atoms with Crippen LogP contribution in [-0.4, -0.2) is 38.6 Å². The molecule has 0 saturated carbocycles. The van der Waals surface area contributed by atoms with Crippen molar-refractivity contribution in [3.8, 4) is 0 Å². The van der Waals surface area contributed by atoms with E-state index < -0.39 is 12.3 Å². The van der Waals surface area contributed by atoms with E-state index in [2.05, 4.69) is 4.74 Å². The number of rotatable bonds is 6. The Hall–Kier alpha value is -0.330. The molecule has 0 aromatic rings. The van der Waals surface area contributed by atoms with Crippen molar-refractivity contribution in [3.63, 3.8) is 0 Å². The second-order valence-electron chi connectivity index (χ2n) is 2.46. The molecule has 0 aromatic heterocycles. The van der Waals surface area contributed by atoms with E-state index in [1.54, 1.807) is 0 Å². The van der Waals surface area contributed by atoms with Gasteiger partial charge in [-0.15, -0.1) is 0 Å². The van der Waals surface area contributed by atoms with Crippen LogP contribution in [0.2, 0.25) is 0 Å². The molecule has 0 bridgehead atoms. The topological polar surface area (TPSA) is 44.5 Å². The summed E-state index contributed by atoms with van der Waals surface area (Å²) in [5.74, 6) is 0. The third kappa shape index (κ3) is 6.80. The van der Waals surface area contributed by atoms with Crippen LogP contribution in [0.4, 0.5) is 13.2 Å². The van der Waals surface area contributed by atoms with Crippen LogP contribution >= 0.6 is 0 Å². The summed E-state index contributed by atoms with van der Waals surface area (Å²) in [7, 11) is 0. The van der Waals surface area contributed by atoms with Gasteiger partial charge in [-0.3, -0.25) is 0 Å². The molecule has 80 valence electrons. The van der Waals surface area contributed by atoms with Crippen LogP contribution in [-0.2, 0) is 9.47 Å². The quantitative estimate of drug-likeness (QED) is 0.650. The lowest BCUT2D eigenvalue weighted by atomic mass is 10.4. The van der Waals surface area contributed by atoms with Crippen LogP contribution in [0.1, 0.15) is 6.92 Å². The highest BCUT2D eigenvalue weighted by molar-refractivity contribution is 4.60. The molecule has 0 heterocycles. The minimum atomic E-state index is -4.30. The Kier molecular flexibility index (Phi) is 6.02. The van der Waals surface area contributed by atoms with Gasteiger partial charge in [0.1, 0.15) is 0 Å². The van der Waals surface area contributed by atoms with Gasteiger partial charge >= 0.3 is 6.18 Å². The molecule has 0 aliphatic heterocycles. The highest BCUT2D eigenvalue weighted by Gasteiger charge is 2.36. The lowest BCUT2D eigenvalue weighted by Gasteiger charge is -2.15. The maximum absolute atomic E-state index is 11.8. The van der Waals surface area contributed by atoms with Gasteiger partial charge in [0.05, 0.1) is 19.8 Å². The average Bonchev–Trinajstić information content (AvgIpc) is 2.02. The number of nitrogens with two attached hydrogens (primary N) is 1. The van der Waals surface area contributed by atoms with Crippen molar-refractivity contribution < 1.29 is 22.6 Å². The molecule has 0 radical (unpaired) electrons. The van der Waals surface area contributed by atoms with Crippen molar-refractivity contribution >= 4 is 0 Å². The number of ether oxygens (including phenoxy) is 2. The first-order valence-electron chi connectivity index (χ1n) is 3.94. The summed E-state index contributed by atoms with van der Waals surface area (Å²) in [5.41, 5.74) is 5.09. The van der Waals surface area contributed by atoms with Gasteiger partial charge in [0.25, 0.3) is 0 Å². The van der Waals surface area contributed by atoms with Gasteiger partial charge in [-0.2, -0.15) is 13.2 Å². The summed E-state index contributed by atoms with van der Waals surface area (Å²) in [6.07, 6.45) is -6.04. The van der Waals surface area contributed by atoms with Crippen molar-refractivity contribution in [2.75, 3.05) is 26.4 Å². The number of hydrogen-bond acceptors (Lipinski definition) is 3. The van der Waals surface area contributed by atoms with Crippen LogP contribution in [0.15, 0.2) is 0 Å². The van der Waals surface area contributed by atoms with Crippen molar-refractivity contribution in [2.45, 2.75) is 19.2 Å². The van der Waals surface area contributed by atoms with Crippen LogP contribution < -0.4 is 5.73 Å². The second-order valence-corrected chi connectivity index (χ2v) is 2.46. The van der Waals surface area contributed by atoms with E-state index in [0.29, 0.717) is 13.2 Å². The molecule has 3 nitrogen and oxygen atoms in total. The molecule has 0 aliphatic rings. The van der Waals surface area contributed by atoms with E-state index in [-0.39, 0.29) is 13.2 Å². The monoisotopic (exact) mass is 201 g/mol. The Morgan fingerprint density at radius 1 is 1.23 bits per heavy atom. The Labute approximate surface area is 75.0 Å². The van der Waals surface area contributed by atoms with Gasteiger partial charge in [0.15, 0.2) is 6.10 Å². The Morgan fingerprint density at radius 3 is 2.31 bits per heavy atom. The molecule has 0 saturated heterocycles. The van der Waals surface area contributed by atoms with E-state index in [1.165, 1.54) is 0 Å². The van der Waals surface area contributed by atoms with Crippen molar-refractivity contribution in [3.05, 3.63) is 0 Å². The van der Waals surface area contributed by atoms with Gasteiger partial charge in [-0.05, 0) is 6.92 Å². The molecule has 2 N–H and O–H groups in total. The Bertz CT molecular complexity index is 129. The molecule has 1 atom stereocenters. The zero-order chi connectivity index (χ0) is 10.3. The fourth-order valence-electron chi connectivity index (χ4n) is 0.564. The lowest BCUT2D eigenvalue weighted by Crippen LogP contribution is -2.29. The lowest BCUT2D eigenvalue weighted by molar-refractivity contribution is -0.216. The molecular formula is C7H14F3NO2. The first kappa shape index (κ1) is 12.7. The highest BCUT2D eigenvalue weighted by Crippen LogP contribution is 2.21. The summed E-state index contributed by atoms with van der Waals surface area (Å²) in [4.78, 5) is 0. The van der Waals surface area contributed by atoms with E-state index in [4.69, 9.17) is 10.5 Å². The minimum absolute atomic E-state index is 0.0688. The third-order valence-corrected chi connectivity index (χ3v) is 1.32. The summed E-state index contributed by atoms with van der Waals surface area (Å²) >= 11 is 0. The smallest absolute Gasteiger partial charge is 0.378 e. The predicted molar refractivity (Wildman–Crippen MR) is 41.3 cm³/mol. The van der Waals surface area contributed by atoms with Crippen LogP contribution in [0, 0.1) is 0 Å². The second kappa shape index (κ2) is 6.17. The molecule has 0 aromatic carbocycles. The van der Waals surface area contributed by atoms with Crippen LogP contribution in [0.3, 0.4) is 0 Å². The predicted octanol–water partition coefficient (Wildman–Crippen LogP) is 0.929. The van der Waals surface area contributed by atoms with Gasteiger partial charge in [-0.25, -0.2) is 0 Å². The molecule has 0 aliphatic carbocycles. The van der Waals surface area contributed by atoms with E-state index in [0.717, 1.165) is 6.92 Å². The number of hydrogen-bond donors (Lipinski definition) is 1.